The zero-order chi connectivity index (χ0) is 14.0. The molecular weight excluding hydrogens is 244 g/mol. The van der Waals surface area contributed by atoms with E-state index in [2.05, 4.69) is 0 Å². The van der Waals surface area contributed by atoms with Crippen molar-refractivity contribution < 1.29 is 14.7 Å². The minimum absolute atomic E-state index is 0.0550. The summed E-state index contributed by atoms with van der Waals surface area (Å²) < 4.78 is 0. The molecule has 1 amide bonds. The van der Waals surface area contributed by atoms with E-state index in [4.69, 9.17) is 10.4 Å². The van der Waals surface area contributed by atoms with Crippen molar-refractivity contribution >= 4 is 11.9 Å². The molecule has 5 nitrogen and oxygen atoms in total. The van der Waals surface area contributed by atoms with Crippen molar-refractivity contribution in [1.82, 2.24) is 4.90 Å². The maximum atomic E-state index is 12.3. The maximum absolute atomic E-state index is 12.3. The van der Waals surface area contributed by atoms with E-state index in [1.54, 1.807) is 23.1 Å². The van der Waals surface area contributed by atoms with Gasteiger partial charge in [0.15, 0.2) is 0 Å². The summed E-state index contributed by atoms with van der Waals surface area (Å²) in [5, 5.41) is 17.9. The highest BCUT2D eigenvalue weighted by Crippen LogP contribution is 2.24. The molecule has 0 unspecified atom stereocenters. The van der Waals surface area contributed by atoms with Gasteiger partial charge in [-0.05, 0) is 24.1 Å². The lowest BCUT2D eigenvalue weighted by Crippen LogP contribution is -2.29. The molecule has 2 rings (SSSR count). The number of hydrogen-bond acceptors (Lipinski definition) is 3. The van der Waals surface area contributed by atoms with E-state index >= 15 is 0 Å². The Morgan fingerprint density at radius 2 is 2.16 bits per heavy atom. The average Bonchev–Trinajstić information content (AvgIpc) is 2.80. The molecule has 5 heteroatoms. The van der Waals surface area contributed by atoms with E-state index in [1.165, 1.54) is 6.07 Å². The van der Waals surface area contributed by atoms with E-state index in [0.717, 1.165) is 0 Å². The van der Waals surface area contributed by atoms with Crippen LogP contribution in [0, 0.1) is 23.2 Å². The number of nitrogens with zero attached hydrogens (tertiary/aromatic N) is 2. The van der Waals surface area contributed by atoms with Gasteiger partial charge in [0.2, 0.25) is 0 Å². The molecule has 0 aliphatic carbocycles. The first kappa shape index (κ1) is 13.1. The first-order chi connectivity index (χ1) is 9.02. The molecule has 1 heterocycles. The van der Waals surface area contributed by atoms with Crippen LogP contribution < -0.4 is 0 Å². The van der Waals surface area contributed by atoms with E-state index in [1.807, 2.05) is 13.0 Å². The molecule has 1 aromatic carbocycles. The lowest BCUT2D eigenvalue weighted by Gasteiger charge is -2.15. The second kappa shape index (κ2) is 5.11. The van der Waals surface area contributed by atoms with Crippen LogP contribution in [0.25, 0.3) is 0 Å². The Hall–Kier alpha value is -2.35. The zero-order valence-electron chi connectivity index (χ0n) is 10.5. The number of likely N-dealkylation sites (tertiary alicyclic amines) is 1. The number of carboxylic acid groups (broad SMARTS) is 1. The van der Waals surface area contributed by atoms with Crippen LogP contribution in [0.3, 0.4) is 0 Å². The van der Waals surface area contributed by atoms with Crippen molar-refractivity contribution in [1.29, 1.82) is 5.26 Å². The number of carboxylic acids is 1. The molecule has 1 aliphatic heterocycles. The fourth-order valence-corrected chi connectivity index (χ4v) is 2.36. The van der Waals surface area contributed by atoms with E-state index in [0.29, 0.717) is 17.7 Å². The van der Waals surface area contributed by atoms with Crippen LogP contribution in [0.2, 0.25) is 0 Å². The molecule has 0 aromatic heterocycles. The van der Waals surface area contributed by atoms with Crippen molar-refractivity contribution in [3.63, 3.8) is 0 Å². The second-order valence-electron chi connectivity index (χ2n) is 4.82. The molecule has 1 fully saturated rings. The van der Waals surface area contributed by atoms with Gasteiger partial charge in [-0.3, -0.25) is 9.59 Å². The van der Waals surface area contributed by atoms with Gasteiger partial charge in [-0.2, -0.15) is 5.26 Å². The van der Waals surface area contributed by atoms with E-state index in [-0.39, 0.29) is 18.4 Å². The minimum atomic E-state index is -0.867. The topological polar surface area (TPSA) is 81.4 Å². The largest absolute Gasteiger partial charge is 0.481 e. The van der Waals surface area contributed by atoms with Gasteiger partial charge in [0.05, 0.1) is 17.6 Å². The zero-order valence-corrected chi connectivity index (χ0v) is 10.5. The number of amides is 1. The Balaban J connectivity index is 2.17. The van der Waals surface area contributed by atoms with Crippen LogP contribution in [-0.2, 0) is 4.79 Å². The lowest BCUT2D eigenvalue weighted by molar-refractivity contribution is -0.142. The van der Waals surface area contributed by atoms with Gasteiger partial charge in [-0.15, -0.1) is 0 Å². The Morgan fingerprint density at radius 3 is 2.74 bits per heavy atom. The van der Waals surface area contributed by atoms with E-state index < -0.39 is 11.9 Å². The highest BCUT2D eigenvalue weighted by molar-refractivity contribution is 5.95. The highest BCUT2D eigenvalue weighted by Gasteiger charge is 2.37. The molecule has 1 saturated heterocycles. The second-order valence-corrected chi connectivity index (χ2v) is 4.82. The van der Waals surface area contributed by atoms with Crippen LogP contribution in [0.1, 0.15) is 22.8 Å². The van der Waals surface area contributed by atoms with Gasteiger partial charge >= 0.3 is 5.97 Å². The van der Waals surface area contributed by atoms with Gasteiger partial charge < -0.3 is 10.0 Å². The number of rotatable bonds is 2. The number of carbonyl (C=O) groups is 2. The van der Waals surface area contributed by atoms with Crippen LogP contribution in [-0.4, -0.2) is 35.0 Å². The van der Waals surface area contributed by atoms with Crippen molar-refractivity contribution in [2.75, 3.05) is 13.1 Å². The summed E-state index contributed by atoms with van der Waals surface area (Å²) >= 11 is 0. The third kappa shape index (κ3) is 2.58. The van der Waals surface area contributed by atoms with Crippen LogP contribution in [0.4, 0.5) is 0 Å². The minimum Gasteiger partial charge on any atom is -0.481 e. The molecule has 2 atom stereocenters. The fourth-order valence-electron chi connectivity index (χ4n) is 2.36. The van der Waals surface area contributed by atoms with Gasteiger partial charge in [0, 0.05) is 18.7 Å². The molecule has 98 valence electrons. The fraction of sp³-hybridized carbons (Fsp3) is 0.357. The summed E-state index contributed by atoms with van der Waals surface area (Å²) in [7, 11) is 0. The molecule has 0 bridgehead atoms. The summed E-state index contributed by atoms with van der Waals surface area (Å²) in [5.41, 5.74) is 0.852. The van der Waals surface area contributed by atoms with E-state index in [9.17, 15) is 9.59 Å². The number of aliphatic carboxylic acids is 1. The third-order valence-corrected chi connectivity index (χ3v) is 3.46. The SMILES string of the molecule is C[C@@H]1CN(C(=O)c2cccc(C#N)c2)C[C@H]1C(=O)O. The molecule has 1 aliphatic rings. The Kier molecular flexibility index (Phi) is 3.52. The summed E-state index contributed by atoms with van der Waals surface area (Å²) in [6.45, 7) is 2.50. The lowest BCUT2D eigenvalue weighted by atomic mass is 9.99. The molecule has 1 N–H and O–H groups in total. The summed E-state index contributed by atoms with van der Waals surface area (Å²) in [4.78, 5) is 24.8. The smallest absolute Gasteiger partial charge is 0.308 e. The maximum Gasteiger partial charge on any atom is 0.308 e. The normalized spacial score (nSPS) is 22.0. The van der Waals surface area contributed by atoms with Gasteiger partial charge in [-0.25, -0.2) is 0 Å². The quantitative estimate of drug-likeness (QED) is 0.868. The molecule has 19 heavy (non-hydrogen) atoms. The third-order valence-electron chi connectivity index (χ3n) is 3.46. The number of benzene rings is 1. The van der Waals surface area contributed by atoms with Crippen molar-refractivity contribution in [3.8, 4) is 6.07 Å². The number of carbonyl (C=O) groups excluding carboxylic acids is 1. The Labute approximate surface area is 111 Å². The highest BCUT2D eigenvalue weighted by atomic mass is 16.4. The predicted octanol–water partition coefficient (Wildman–Crippen LogP) is 1.35. The first-order valence-corrected chi connectivity index (χ1v) is 6.05. The Morgan fingerprint density at radius 1 is 1.42 bits per heavy atom. The average molecular weight is 258 g/mol. The van der Waals surface area contributed by atoms with Gasteiger partial charge in [0.25, 0.3) is 5.91 Å². The van der Waals surface area contributed by atoms with Crippen molar-refractivity contribution in [3.05, 3.63) is 35.4 Å². The van der Waals surface area contributed by atoms with Crippen LogP contribution in [0.5, 0.6) is 0 Å². The summed E-state index contributed by atoms with van der Waals surface area (Å²) in [6.07, 6.45) is 0. The summed E-state index contributed by atoms with van der Waals surface area (Å²) in [6, 6.07) is 8.43. The molecule has 0 spiro atoms. The summed E-state index contributed by atoms with van der Waals surface area (Å²) in [5.74, 6) is -1.65. The standard InChI is InChI=1S/C14H14N2O3/c1-9-7-16(8-12(9)14(18)19)13(17)11-4-2-3-10(5-11)6-15/h2-5,9,12H,7-8H2,1H3,(H,18,19)/t9-,12-/m1/s1. The van der Waals surface area contributed by atoms with Gasteiger partial charge in [-0.1, -0.05) is 13.0 Å². The van der Waals surface area contributed by atoms with Crippen molar-refractivity contribution in [2.45, 2.75) is 6.92 Å². The number of nitriles is 1. The molecule has 0 saturated carbocycles. The molecular formula is C14H14N2O3. The monoisotopic (exact) mass is 258 g/mol. The first-order valence-electron chi connectivity index (χ1n) is 6.05. The Bertz CT molecular complexity index is 562. The molecule has 0 radical (unpaired) electrons. The predicted molar refractivity (Wildman–Crippen MR) is 67.4 cm³/mol. The van der Waals surface area contributed by atoms with Gasteiger partial charge in [0.1, 0.15) is 0 Å². The van der Waals surface area contributed by atoms with Crippen molar-refractivity contribution in [2.24, 2.45) is 11.8 Å². The number of hydrogen-bond donors (Lipinski definition) is 1. The van der Waals surface area contributed by atoms with Crippen LogP contribution in [0.15, 0.2) is 24.3 Å². The molecule has 1 aromatic rings. The van der Waals surface area contributed by atoms with Crippen LogP contribution >= 0.6 is 0 Å².